The summed E-state index contributed by atoms with van der Waals surface area (Å²) in [6.07, 6.45) is 0. The smallest absolute Gasteiger partial charge is 0.0195 e. The van der Waals surface area contributed by atoms with Gasteiger partial charge in [0, 0.05) is 31.7 Å². The van der Waals surface area contributed by atoms with Crippen LogP contribution in [-0.4, -0.2) is 54.3 Å². The maximum atomic E-state index is 4.34. The molecular formula is C11H24N2S. The van der Waals surface area contributed by atoms with Crippen LogP contribution < -0.4 is 0 Å². The van der Waals surface area contributed by atoms with Gasteiger partial charge in [-0.3, -0.25) is 9.80 Å². The third-order valence-corrected chi connectivity index (χ3v) is 3.94. The Morgan fingerprint density at radius 1 is 1.29 bits per heavy atom. The molecule has 1 aliphatic rings. The third kappa shape index (κ3) is 3.14. The first-order valence-corrected chi connectivity index (χ1v) is 6.23. The van der Waals surface area contributed by atoms with Crippen molar-refractivity contribution in [3.63, 3.8) is 0 Å². The molecule has 3 atom stereocenters. The number of piperazine rings is 1. The van der Waals surface area contributed by atoms with Gasteiger partial charge in [0.15, 0.2) is 0 Å². The molecule has 1 rings (SSSR count). The van der Waals surface area contributed by atoms with E-state index in [-0.39, 0.29) is 0 Å². The summed E-state index contributed by atoms with van der Waals surface area (Å²) in [5.41, 5.74) is 0. The SMILES string of the molecule is CC(CS)CN1CC(C)N(C)C(C)C1. The summed E-state index contributed by atoms with van der Waals surface area (Å²) in [7, 11) is 2.23. The van der Waals surface area contributed by atoms with Gasteiger partial charge < -0.3 is 0 Å². The highest BCUT2D eigenvalue weighted by molar-refractivity contribution is 7.80. The molecule has 1 saturated heterocycles. The van der Waals surface area contributed by atoms with E-state index in [0.29, 0.717) is 18.0 Å². The standard InChI is InChI=1S/C11H24N2S/c1-9(8-14)5-13-6-10(2)12(4)11(3)7-13/h9-11,14H,5-8H2,1-4H3. The molecule has 3 unspecified atom stereocenters. The van der Waals surface area contributed by atoms with Crippen molar-refractivity contribution in [3.05, 3.63) is 0 Å². The fourth-order valence-electron chi connectivity index (χ4n) is 2.16. The van der Waals surface area contributed by atoms with Crippen LogP contribution in [-0.2, 0) is 0 Å². The predicted octanol–water partition coefficient (Wildman–Crippen LogP) is 1.58. The van der Waals surface area contributed by atoms with E-state index in [4.69, 9.17) is 0 Å². The lowest BCUT2D eigenvalue weighted by atomic mass is 10.1. The second-order valence-electron chi connectivity index (χ2n) is 4.87. The van der Waals surface area contributed by atoms with Gasteiger partial charge in [0.1, 0.15) is 0 Å². The molecule has 0 N–H and O–H groups in total. The molecule has 0 bridgehead atoms. The Morgan fingerprint density at radius 2 is 1.79 bits per heavy atom. The van der Waals surface area contributed by atoms with Crippen LogP contribution in [0, 0.1) is 5.92 Å². The first-order valence-electron chi connectivity index (χ1n) is 5.59. The highest BCUT2D eigenvalue weighted by Gasteiger charge is 2.26. The van der Waals surface area contributed by atoms with E-state index in [1.807, 2.05) is 0 Å². The second kappa shape index (κ2) is 5.38. The molecule has 0 aromatic carbocycles. The number of rotatable bonds is 3. The zero-order valence-corrected chi connectivity index (χ0v) is 10.8. The molecule has 0 aromatic rings. The first-order chi connectivity index (χ1) is 6.54. The van der Waals surface area contributed by atoms with Crippen molar-refractivity contribution < 1.29 is 0 Å². The average Bonchev–Trinajstić information content (AvgIpc) is 2.14. The minimum atomic E-state index is 0.686. The van der Waals surface area contributed by atoms with Crippen LogP contribution in [0.15, 0.2) is 0 Å². The van der Waals surface area contributed by atoms with Crippen molar-refractivity contribution in [2.45, 2.75) is 32.9 Å². The van der Waals surface area contributed by atoms with E-state index in [0.717, 1.165) is 5.75 Å². The monoisotopic (exact) mass is 216 g/mol. The second-order valence-corrected chi connectivity index (χ2v) is 5.23. The Bertz CT molecular complexity index is 160. The number of nitrogens with zero attached hydrogens (tertiary/aromatic N) is 2. The van der Waals surface area contributed by atoms with Gasteiger partial charge >= 0.3 is 0 Å². The summed E-state index contributed by atoms with van der Waals surface area (Å²) >= 11 is 4.34. The Hall–Kier alpha value is 0.270. The fraction of sp³-hybridized carbons (Fsp3) is 1.00. The molecule has 0 saturated carbocycles. The van der Waals surface area contributed by atoms with Gasteiger partial charge in [0.05, 0.1) is 0 Å². The molecule has 0 amide bonds. The molecule has 2 nitrogen and oxygen atoms in total. The number of thiol groups is 1. The minimum absolute atomic E-state index is 0.686. The van der Waals surface area contributed by atoms with E-state index in [9.17, 15) is 0 Å². The van der Waals surface area contributed by atoms with Gasteiger partial charge in [0.25, 0.3) is 0 Å². The van der Waals surface area contributed by atoms with E-state index < -0.39 is 0 Å². The molecule has 1 aliphatic heterocycles. The zero-order valence-electron chi connectivity index (χ0n) is 9.90. The van der Waals surface area contributed by atoms with Crippen molar-refractivity contribution in [2.24, 2.45) is 5.92 Å². The van der Waals surface area contributed by atoms with Crippen LogP contribution in [0.3, 0.4) is 0 Å². The molecule has 1 fully saturated rings. The predicted molar refractivity (Wildman–Crippen MR) is 66.1 cm³/mol. The quantitative estimate of drug-likeness (QED) is 0.716. The van der Waals surface area contributed by atoms with Crippen LogP contribution in [0.4, 0.5) is 0 Å². The molecule has 0 spiro atoms. The Labute approximate surface area is 94.1 Å². The third-order valence-electron chi connectivity index (χ3n) is 3.32. The van der Waals surface area contributed by atoms with Crippen LogP contribution in [0.2, 0.25) is 0 Å². The molecule has 0 aliphatic carbocycles. The lowest BCUT2D eigenvalue weighted by Gasteiger charge is -2.43. The van der Waals surface area contributed by atoms with Gasteiger partial charge in [-0.15, -0.1) is 0 Å². The molecular weight excluding hydrogens is 192 g/mol. The first kappa shape index (κ1) is 12.3. The van der Waals surface area contributed by atoms with Gasteiger partial charge in [-0.05, 0) is 32.6 Å². The molecule has 84 valence electrons. The summed E-state index contributed by atoms with van der Waals surface area (Å²) in [5, 5.41) is 0. The lowest BCUT2D eigenvalue weighted by molar-refractivity contribution is 0.0539. The fourth-order valence-corrected chi connectivity index (χ4v) is 2.28. The van der Waals surface area contributed by atoms with Crippen molar-refractivity contribution in [2.75, 3.05) is 32.4 Å². The highest BCUT2D eigenvalue weighted by atomic mass is 32.1. The summed E-state index contributed by atoms with van der Waals surface area (Å²) in [5.74, 6) is 1.70. The van der Waals surface area contributed by atoms with Gasteiger partial charge in [-0.25, -0.2) is 0 Å². The largest absolute Gasteiger partial charge is 0.300 e. The van der Waals surface area contributed by atoms with Gasteiger partial charge in [-0.2, -0.15) is 12.6 Å². The lowest BCUT2D eigenvalue weighted by Crippen LogP contribution is -2.55. The number of hydrogen-bond donors (Lipinski definition) is 1. The Morgan fingerprint density at radius 3 is 2.21 bits per heavy atom. The van der Waals surface area contributed by atoms with E-state index >= 15 is 0 Å². The van der Waals surface area contributed by atoms with E-state index in [2.05, 4.69) is 50.2 Å². The van der Waals surface area contributed by atoms with Gasteiger partial charge in [-0.1, -0.05) is 6.92 Å². The van der Waals surface area contributed by atoms with Crippen molar-refractivity contribution in [1.29, 1.82) is 0 Å². The average molecular weight is 216 g/mol. The molecule has 0 aromatic heterocycles. The van der Waals surface area contributed by atoms with E-state index in [1.54, 1.807) is 0 Å². The van der Waals surface area contributed by atoms with Gasteiger partial charge in [0.2, 0.25) is 0 Å². The Balaban J connectivity index is 2.41. The maximum Gasteiger partial charge on any atom is 0.0195 e. The zero-order chi connectivity index (χ0) is 10.7. The Kier molecular flexibility index (Phi) is 4.74. The molecule has 3 heteroatoms. The van der Waals surface area contributed by atoms with Crippen molar-refractivity contribution in [3.8, 4) is 0 Å². The maximum absolute atomic E-state index is 4.34. The van der Waals surface area contributed by atoms with E-state index in [1.165, 1.54) is 19.6 Å². The van der Waals surface area contributed by atoms with Crippen molar-refractivity contribution in [1.82, 2.24) is 9.80 Å². The topological polar surface area (TPSA) is 6.48 Å². The normalized spacial score (nSPS) is 33.2. The minimum Gasteiger partial charge on any atom is -0.300 e. The summed E-state index contributed by atoms with van der Waals surface area (Å²) in [6, 6.07) is 1.37. The van der Waals surface area contributed by atoms with Crippen molar-refractivity contribution >= 4 is 12.6 Å². The van der Waals surface area contributed by atoms with Crippen LogP contribution in [0.25, 0.3) is 0 Å². The van der Waals surface area contributed by atoms with Crippen LogP contribution in [0.5, 0.6) is 0 Å². The molecule has 1 heterocycles. The molecule has 0 radical (unpaired) electrons. The number of likely N-dealkylation sites (N-methyl/N-ethyl adjacent to an activating group) is 1. The van der Waals surface area contributed by atoms with Crippen LogP contribution in [0.1, 0.15) is 20.8 Å². The number of hydrogen-bond acceptors (Lipinski definition) is 3. The summed E-state index contributed by atoms with van der Waals surface area (Å²) in [6.45, 7) is 10.5. The highest BCUT2D eigenvalue weighted by Crippen LogP contribution is 2.14. The van der Waals surface area contributed by atoms with Crippen LogP contribution >= 0.6 is 12.6 Å². The molecule has 14 heavy (non-hydrogen) atoms. The summed E-state index contributed by atoms with van der Waals surface area (Å²) < 4.78 is 0. The summed E-state index contributed by atoms with van der Waals surface area (Å²) in [4.78, 5) is 5.05.